The molecule has 5 heterocycles. The summed E-state index contributed by atoms with van der Waals surface area (Å²) in [5, 5.41) is 19.4. The summed E-state index contributed by atoms with van der Waals surface area (Å²) >= 11 is 0. The largest absolute Gasteiger partial charge is 0.477 e. The van der Waals surface area contributed by atoms with Gasteiger partial charge in [-0.2, -0.15) is 5.26 Å². The van der Waals surface area contributed by atoms with Crippen molar-refractivity contribution >= 4 is 58.4 Å². The van der Waals surface area contributed by atoms with E-state index in [-0.39, 0.29) is 48.9 Å². The van der Waals surface area contributed by atoms with Crippen molar-refractivity contribution in [3.05, 3.63) is 205 Å². The number of hydrogen-bond acceptors (Lipinski definition) is 4. The molecule has 7 nitrogen and oxygen atoms in total. The van der Waals surface area contributed by atoms with E-state index >= 15 is 0 Å². The molecule has 3 aromatic heterocycles. The Morgan fingerprint density at radius 1 is 0.379 bits per heavy atom. The van der Waals surface area contributed by atoms with Gasteiger partial charge in [-0.1, -0.05) is 263 Å². The molecule has 3 N–H and O–H groups in total. The molecule has 2 aliphatic rings. The first kappa shape index (κ1) is 68.8. The lowest BCUT2D eigenvalue weighted by molar-refractivity contribution is -0.132. The maximum absolute atomic E-state index is 11.9. The molecular weight excluding hydrogens is 1160 g/mol. The zero-order chi connectivity index (χ0) is 69.7. The third kappa shape index (κ3) is 14.8. The van der Waals surface area contributed by atoms with Crippen LogP contribution in [0.4, 0.5) is 0 Å². The van der Waals surface area contributed by atoms with Crippen molar-refractivity contribution in [3.8, 4) is 62.4 Å². The van der Waals surface area contributed by atoms with Gasteiger partial charge in [-0.3, -0.25) is 0 Å². The molecule has 8 bridgehead atoms. The molecule has 5 aromatic carbocycles. The lowest BCUT2D eigenvalue weighted by Crippen LogP contribution is -2.16. The van der Waals surface area contributed by atoms with E-state index in [0.717, 1.165) is 94.9 Å². The number of carboxylic acid groups (broad SMARTS) is 1. The van der Waals surface area contributed by atoms with Crippen molar-refractivity contribution in [2.45, 2.75) is 209 Å². The van der Waals surface area contributed by atoms with Gasteiger partial charge in [0, 0.05) is 44.4 Å². The van der Waals surface area contributed by atoms with E-state index < -0.39 is 5.97 Å². The molecule has 0 unspecified atom stereocenters. The lowest BCUT2D eigenvalue weighted by Gasteiger charge is -2.26. The Morgan fingerprint density at radius 2 is 0.674 bits per heavy atom. The Morgan fingerprint density at radius 3 is 0.968 bits per heavy atom. The summed E-state index contributed by atoms with van der Waals surface area (Å²) in [7, 11) is 0. The van der Waals surface area contributed by atoms with Crippen LogP contribution in [0.2, 0.25) is 0 Å². The minimum Gasteiger partial charge on any atom is -0.477 e. The number of H-pyrrole nitrogens is 2. The van der Waals surface area contributed by atoms with Gasteiger partial charge in [0.1, 0.15) is 11.6 Å². The van der Waals surface area contributed by atoms with E-state index in [1.807, 2.05) is 18.2 Å². The van der Waals surface area contributed by atoms with Crippen LogP contribution in [0.25, 0.3) is 97.0 Å². The minimum absolute atomic E-state index is 0.163. The molecule has 7 heteroatoms. The van der Waals surface area contributed by atoms with Crippen LogP contribution in [0.1, 0.15) is 250 Å². The standard InChI is InChI=1S/C88H99N5O2/c1-81(2,3)60-38-55(39-61(47-60)82(4,5)6)75-68-31-32-69(90-68)76(56-40-62(83(7,8)9)48-63(41-56)84(10,11)12)71-35-36-73(92-71)78(58-44-66(87(19,20)21)50-67(45-58)88(22,23)24)79-54(30-29-52-25-27-53(28-26-52)37-59(51-89)80(94)95)46-74(93-79)77(72-34-33-70(75)91-72)57-42-64(85(13,14)15)49-65(43-57)86(16,17)18/h25-28,31-50,90,93H,1-24H3,(H,94,95)/b59-37-,75-68?,75-70?,76-69?,76-71?,77-72?,77-74?,78-73?,79-78?. The third-order valence-corrected chi connectivity index (χ3v) is 18.6. The number of nitrogens with zero attached hydrogens (tertiary/aromatic N) is 3. The van der Waals surface area contributed by atoms with Gasteiger partial charge < -0.3 is 15.1 Å². The first-order valence-corrected chi connectivity index (χ1v) is 33.7. The number of benzene rings is 5. The number of carbonyl (C=O) groups is 1. The van der Waals surface area contributed by atoms with Crippen LogP contribution >= 0.6 is 0 Å². The summed E-state index contributed by atoms with van der Waals surface area (Å²) in [5.74, 6) is 6.02. The summed E-state index contributed by atoms with van der Waals surface area (Å²) < 4.78 is 0. The van der Waals surface area contributed by atoms with Crippen LogP contribution < -0.4 is 0 Å². The van der Waals surface area contributed by atoms with Gasteiger partial charge in [0.2, 0.25) is 0 Å². The minimum atomic E-state index is -1.28. The number of aromatic nitrogens is 4. The molecule has 0 radical (unpaired) electrons. The highest BCUT2D eigenvalue weighted by molar-refractivity contribution is 6.02. The highest BCUT2D eigenvalue weighted by Crippen LogP contribution is 2.46. The summed E-state index contributed by atoms with van der Waals surface area (Å²) in [6, 6.07) is 44.4. The molecule has 0 spiro atoms. The van der Waals surface area contributed by atoms with Crippen molar-refractivity contribution < 1.29 is 9.90 Å². The average molecular weight is 1260 g/mol. The number of nitriles is 1. The van der Waals surface area contributed by atoms with Gasteiger partial charge in [-0.05, 0) is 176 Å². The molecule has 488 valence electrons. The quantitative estimate of drug-likeness (QED) is 0.0871. The van der Waals surface area contributed by atoms with E-state index in [9.17, 15) is 15.2 Å². The van der Waals surface area contributed by atoms with E-state index in [4.69, 9.17) is 9.97 Å². The maximum atomic E-state index is 11.9. The number of aromatic amines is 2. The average Bonchev–Trinajstić information content (AvgIpc) is 1.66. The molecule has 95 heavy (non-hydrogen) atoms. The Kier molecular flexibility index (Phi) is 17.6. The fourth-order valence-corrected chi connectivity index (χ4v) is 12.3. The number of rotatable bonds is 6. The fraction of sp³-hybridized carbons (Fsp3) is 0.364. The molecule has 0 fully saturated rings. The molecule has 0 saturated heterocycles. The number of fused-ring (bicyclic) bond motifs is 8. The van der Waals surface area contributed by atoms with Crippen molar-refractivity contribution in [2.75, 3.05) is 0 Å². The van der Waals surface area contributed by atoms with Crippen LogP contribution in [0.5, 0.6) is 0 Å². The van der Waals surface area contributed by atoms with Crippen LogP contribution in [-0.4, -0.2) is 31.0 Å². The predicted octanol–water partition coefficient (Wildman–Crippen LogP) is 23.1. The second kappa shape index (κ2) is 24.3. The highest BCUT2D eigenvalue weighted by atomic mass is 16.4. The SMILES string of the molecule is CC(C)(C)c1cc(-c2c3nc(c(-c4cc(C(C)(C)C)cc(C(C)(C)C)c4)c4cc(C#Cc5ccc(/C=C(/C#N)C(=O)O)cc5)c([nH]4)c(-c4cc(C(C)(C)C)cc(C(C)(C)C)c4)c4nc(c(-c5cc(C(C)(C)C)cc(C(C)(C)C)c5)c5ccc2[nH]5)C=C4)C=C3)cc(C(C)(C)C)c1. The van der Waals surface area contributed by atoms with Gasteiger partial charge in [0.25, 0.3) is 0 Å². The number of hydrogen-bond donors (Lipinski definition) is 3. The van der Waals surface area contributed by atoms with Crippen molar-refractivity contribution in [1.82, 2.24) is 19.9 Å². The summed E-state index contributed by atoms with van der Waals surface area (Å²) in [5.41, 5.74) is 24.8. The maximum Gasteiger partial charge on any atom is 0.346 e. The number of nitrogens with one attached hydrogen (secondary N) is 2. The summed E-state index contributed by atoms with van der Waals surface area (Å²) in [6.45, 7) is 55.0. The molecule has 2 aliphatic heterocycles. The Hall–Kier alpha value is -9.04. The van der Waals surface area contributed by atoms with Crippen molar-refractivity contribution in [2.24, 2.45) is 0 Å². The normalized spacial score (nSPS) is 13.4. The highest BCUT2D eigenvalue weighted by Gasteiger charge is 2.30. The van der Waals surface area contributed by atoms with Crippen LogP contribution in [-0.2, 0) is 48.1 Å². The van der Waals surface area contributed by atoms with Crippen LogP contribution in [0.15, 0.2) is 121 Å². The summed E-state index contributed by atoms with van der Waals surface area (Å²) in [6.07, 6.45) is 10.2. The lowest BCUT2D eigenvalue weighted by atomic mass is 9.78. The third-order valence-electron chi connectivity index (χ3n) is 18.6. The first-order valence-electron chi connectivity index (χ1n) is 33.7. The zero-order valence-electron chi connectivity index (χ0n) is 61.1. The first-order chi connectivity index (χ1) is 43.8. The monoisotopic (exact) mass is 1260 g/mol. The Labute approximate surface area is 567 Å². The smallest absolute Gasteiger partial charge is 0.346 e. The fourth-order valence-electron chi connectivity index (χ4n) is 12.3. The van der Waals surface area contributed by atoms with E-state index in [1.165, 1.54) is 50.6 Å². The Balaban J connectivity index is 1.51. The topological polar surface area (TPSA) is 118 Å². The van der Waals surface area contributed by atoms with Crippen molar-refractivity contribution in [3.63, 3.8) is 0 Å². The van der Waals surface area contributed by atoms with Gasteiger partial charge in [0.05, 0.1) is 33.9 Å². The molecule has 0 saturated carbocycles. The predicted molar refractivity (Wildman–Crippen MR) is 404 cm³/mol. The van der Waals surface area contributed by atoms with Gasteiger partial charge in [-0.25, -0.2) is 14.8 Å². The zero-order valence-corrected chi connectivity index (χ0v) is 61.1. The van der Waals surface area contributed by atoms with E-state index in [2.05, 4.69) is 303 Å². The van der Waals surface area contributed by atoms with Gasteiger partial charge in [0.15, 0.2) is 0 Å². The summed E-state index contributed by atoms with van der Waals surface area (Å²) in [4.78, 5) is 32.1. The molecule has 10 rings (SSSR count). The van der Waals surface area contributed by atoms with Gasteiger partial charge >= 0.3 is 5.97 Å². The second-order valence-electron chi connectivity index (χ2n) is 34.7. The second-order valence-corrected chi connectivity index (χ2v) is 34.7. The van der Waals surface area contributed by atoms with Crippen LogP contribution in [0, 0.1) is 23.2 Å². The molecule has 0 aliphatic carbocycles. The molecule has 8 aromatic rings. The number of aliphatic carboxylic acids is 1. The van der Waals surface area contributed by atoms with E-state index in [0.29, 0.717) is 11.1 Å². The molecule has 0 amide bonds. The number of carboxylic acids is 1. The Bertz CT molecular complexity index is 4670. The molecular formula is C88H99N5O2. The van der Waals surface area contributed by atoms with Crippen LogP contribution in [0.3, 0.4) is 0 Å². The van der Waals surface area contributed by atoms with E-state index in [1.54, 1.807) is 12.1 Å². The van der Waals surface area contributed by atoms with Crippen molar-refractivity contribution in [1.29, 1.82) is 5.26 Å². The van der Waals surface area contributed by atoms with Gasteiger partial charge in [-0.15, -0.1) is 0 Å². The molecule has 0 atom stereocenters.